The van der Waals surface area contributed by atoms with Crippen LogP contribution in [0.3, 0.4) is 0 Å². The van der Waals surface area contributed by atoms with Crippen LogP contribution in [0.2, 0.25) is 0 Å². The van der Waals surface area contributed by atoms with E-state index in [1.807, 2.05) is 12.3 Å². The highest BCUT2D eigenvalue weighted by Gasteiger charge is 2.31. The zero-order chi connectivity index (χ0) is 23.4. The number of aromatic amines is 1. The average molecular weight is 471 g/mol. The first-order chi connectivity index (χ1) is 15.6. The van der Waals surface area contributed by atoms with E-state index in [4.69, 9.17) is 0 Å². The minimum Gasteiger partial charge on any atom is -0.336 e. The Morgan fingerprint density at radius 3 is 2.73 bits per heavy atom. The van der Waals surface area contributed by atoms with Crippen molar-refractivity contribution in [3.8, 4) is 0 Å². The second-order valence-corrected chi connectivity index (χ2v) is 11.7. The average Bonchev–Trinajstić information content (AvgIpc) is 3.47. The van der Waals surface area contributed by atoms with Gasteiger partial charge in [-0.1, -0.05) is 20.8 Å². The number of benzene rings is 1. The molecular weight excluding hydrogens is 443 g/mol. The summed E-state index contributed by atoms with van der Waals surface area (Å²) in [7, 11) is -3.51. The Morgan fingerprint density at radius 1 is 1.15 bits per heavy atom. The molecule has 3 aromatic rings. The van der Waals surface area contributed by atoms with Crippen molar-refractivity contribution in [1.29, 1.82) is 0 Å². The van der Waals surface area contributed by atoms with E-state index in [1.54, 1.807) is 6.07 Å². The lowest BCUT2D eigenvalue weighted by Crippen LogP contribution is -2.13. The maximum absolute atomic E-state index is 14.8. The van der Waals surface area contributed by atoms with Crippen molar-refractivity contribution in [2.24, 2.45) is 0 Å². The van der Waals surface area contributed by atoms with Crippen molar-refractivity contribution in [2.45, 2.75) is 63.0 Å². The highest BCUT2D eigenvalue weighted by Crippen LogP contribution is 2.43. The quantitative estimate of drug-likeness (QED) is 0.510. The zero-order valence-corrected chi connectivity index (χ0v) is 19.6. The Morgan fingerprint density at radius 2 is 1.94 bits per heavy atom. The summed E-state index contributed by atoms with van der Waals surface area (Å²) >= 11 is 0. The molecule has 0 spiro atoms. The monoisotopic (exact) mass is 470 g/mol. The van der Waals surface area contributed by atoms with Gasteiger partial charge in [-0.05, 0) is 48.4 Å². The van der Waals surface area contributed by atoms with Gasteiger partial charge in [0.05, 0.1) is 29.0 Å². The second-order valence-electron chi connectivity index (χ2n) is 9.97. The summed E-state index contributed by atoms with van der Waals surface area (Å²) in [6, 6.07) is 7.15. The molecule has 8 nitrogen and oxygen atoms in total. The van der Waals surface area contributed by atoms with E-state index in [0.717, 1.165) is 30.7 Å². The van der Waals surface area contributed by atoms with E-state index < -0.39 is 15.8 Å². The van der Waals surface area contributed by atoms with Gasteiger partial charge in [-0.2, -0.15) is 15.3 Å². The molecule has 33 heavy (non-hydrogen) atoms. The summed E-state index contributed by atoms with van der Waals surface area (Å²) in [6.07, 6.45) is 4.81. The molecule has 1 aliphatic carbocycles. The van der Waals surface area contributed by atoms with Crippen molar-refractivity contribution in [2.75, 3.05) is 10.0 Å². The molecule has 2 unspecified atom stereocenters. The van der Waals surface area contributed by atoms with E-state index in [9.17, 15) is 12.8 Å². The van der Waals surface area contributed by atoms with Gasteiger partial charge < -0.3 is 5.32 Å². The van der Waals surface area contributed by atoms with Crippen molar-refractivity contribution >= 4 is 27.2 Å². The molecule has 174 valence electrons. The third kappa shape index (κ3) is 4.31. The third-order valence-corrected chi connectivity index (χ3v) is 7.73. The molecule has 1 aliphatic heterocycles. The predicted octanol–water partition coefficient (Wildman–Crippen LogP) is 4.69. The van der Waals surface area contributed by atoms with Crippen molar-refractivity contribution in [1.82, 2.24) is 20.4 Å². The van der Waals surface area contributed by atoms with E-state index in [1.165, 1.54) is 11.6 Å². The largest absolute Gasteiger partial charge is 0.336 e. The molecule has 0 bridgehead atoms. The van der Waals surface area contributed by atoms with Crippen molar-refractivity contribution in [3.63, 3.8) is 0 Å². The van der Waals surface area contributed by atoms with Crippen LogP contribution in [0.4, 0.5) is 21.6 Å². The van der Waals surface area contributed by atoms with Gasteiger partial charge in [-0.25, -0.2) is 12.8 Å². The van der Waals surface area contributed by atoms with Crippen LogP contribution in [0.5, 0.6) is 0 Å². The Hall–Kier alpha value is -3.01. The first kappa shape index (κ1) is 21.8. The fourth-order valence-corrected chi connectivity index (χ4v) is 5.88. The van der Waals surface area contributed by atoms with Gasteiger partial charge >= 0.3 is 0 Å². The second kappa shape index (κ2) is 7.79. The molecule has 1 fully saturated rings. The summed E-state index contributed by atoms with van der Waals surface area (Å²) in [5.41, 5.74) is 3.87. The number of halogens is 1. The van der Waals surface area contributed by atoms with Crippen LogP contribution in [-0.2, 0) is 21.2 Å². The molecule has 1 aromatic carbocycles. The maximum Gasteiger partial charge on any atom is 0.237 e. The van der Waals surface area contributed by atoms with Gasteiger partial charge in [0.1, 0.15) is 0 Å². The van der Waals surface area contributed by atoms with Crippen LogP contribution in [0, 0.1) is 5.82 Å². The minimum absolute atomic E-state index is 0.0275. The Kier molecular flexibility index (Phi) is 5.15. The van der Waals surface area contributed by atoms with Gasteiger partial charge in [0, 0.05) is 29.2 Å². The molecular formula is C23H27FN6O2S. The van der Waals surface area contributed by atoms with Crippen LogP contribution in [0.1, 0.15) is 74.4 Å². The molecule has 1 saturated carbocycles. The highest BCUT2D eigenvalue weighted by atomic mass is 32.2. The van der Waals surface area contributed by atoms with Gasteiger partial charge in [0.15, 0.2) is 11.6 Å². The van der Waals surface area contributed by atoms with Crippen LogP contribution in [0.25, 0.3) is 0 Å². The summed E-state index contributed by atoms with van der Waals surface area (Å²) in [6.45, 7) is 6.51. The normalized spacial score (nSPS) is 21.6. The molecule has 3 heterocycles. The Balaban J connectivity index is 1.29. The van der Waals surface area contributed by atoms with Gasteiger partial charge in [-0.3, -0.25) is 9.82 Å². The van der Waals surface area contributed by atoms with Gasteiger partial charge in [0.25, 0.3) is 0 Å². The van der Waals surface area contributed by atoms with E-state index in [0.29, 0.717) is 17.7 Å². The molecule has 5 rings (SSSR count). The number of nitrogens with one attached hydrogen (secondary N) is 3. The number of aromatic nitrogens is 4. The molecule has 0 saturated heterocycles. The Labute approximate surface area is 192 Å². The first-order valence-corrected chi connectivity index (χ1v) is 12.7. The molecule has 3 N–H and O–H groups in total. The van der Waals surface area contributed by atoms with Gasteiger partial charge in [0.2, 0.25) is 10.0 Å². The molecule has 2 aromatic heterocycles. The topological polar surface area (TPSA) is 113 Å². The number of anilines is 3. The summed E-state index contributed by atoms with van der Waals surface area (Å²) in [5.74, 6) is 0.197. The van der Waals surface area contributed by atoms with E-state index >= 15 is 0 Å². The fourth-order valence-electron chi connectivity index (χ4n) is 4.62. The van der Waals surface area contributed by atoms with Crippen molar-refractivity contribution in [3.05, 3.63) is 58.8 Å². The zero-order valence-electron chi connectivity index (χ0n) is 18.8. The molecule has 0 amide bonds. The van der Waals surface area contributed by atoms with Crippen molar-refractivity contribution < 1.29 is 12.8 Å². The summed E-state index contributed by atoms with van der Waals surface area (Å²) < 4.78 is 40.7. The van der Waals surface area contributed by atoms with Gasteiger partial charge in [-0.15, -0.1) is 0 Å². The number of fused-ring (bicyclic) bond motifs is 1. The fraction of sp³-hybridized carbons (Fsp3) is 0.435. The number of rotatable bonds is 4. The number of H-pyrrole nitrogens is 1. The molecule has 0 radical (unpaired) electrons. The number of hydrogen-bond acceptors (Lipinski definition) is 6. The van der Waals surface area contributed by atoms with Crippen LogP contribution < -0.4 is 10.0 Å². The number of nitrogens with zero attached hydrogens (tertiary/aromatic N) is 3. The minimum atomic E-state index is -3.51. The maximum atomic E-state index is 14.8. The lowest BCUT2D eigenvalue weighted by Gasteiger charge is -2.19. The summed E-state index contributed by atoms with van der Waals surface area (Å²) in [5, 5.41) is 19.0. The number of hydrogen-bond donors (Lipinski definition) is 3. The Bertz CT molecular complexity index is 1310. The smallest absolute Gasteiger partial charge is 0.237 e. The number of sulfonamides is 1. The molecule has 10 heteroatoms. The summed E-state index contributed by atoms with van der Waals surface area (Å²) in [4.78, 5) is 0. The SMILES string of the molecule is CC(C)(C)c1cnnc(C2CCC(c3cc(Nc4ccc5c(c4F)CS(=O)(=O)N5)n[nH]3)C2)c1. The molecule has 2 atom stereocenters. The molecule has 2 aliphatic rings. The van der Waals surface area contributed by atoms with E-state index in [2.05, 4.69) is 57.3 Å². The lowest BCUT2D eigenvalue weighted by atomic mass is 9.87. The standard InChI is InChI=1S/C23H27FN6O2S/c1-23(2,3)15-9-19(27-25-11-15)13-4-5-14(8-13)20-10-21(29-28-20)26-18-7-6-17-16(22(18)24)12-33(31,32)30-17/h6-7,9-11,13-14,30H,4-5,8,12H2,1-3H3,(H2,26,28,29). The first-order valence-electron chi connectivity index (χ1n) is 11.1. The van der Waals surface area contributed by atoms with E-state index in [-0.39, 0.29) is 28.1 Å². The third-order valence-electron chi connectivity index (χ3n) is 6.53. The highest BCUT2D eigenvalue weighted by molar-refractivity contribution is 7.92. The van der Waals surface area contributed by atoms with Crippen LogP contribution >= 0.6 is 0 Å². The van der Waals surface area contributed by atoms with Crippen LogP contribution in [-0.4, -0.2) is 28.8 Å². The van der Waals surface area contributed by atoms with Crippen LogP contribution in [0.15, 0.2) is 30.5 Å². The predicted molar refractivity (Wildman–Crippen MR) is 125 cm³/mol. The lowest BCUT2D eigenvalue weighted by molar-refractivity contribution is 0.575.